The van der Waals surface area contributed by atoms with Crippen LogP contribution in [0.3, 0.4) is 0 Å². The second-order valence-corrected chi connectivity index (χ2v) is 6.80. The monoisotopic (exact) mass is 265 g/mol. The maximum absolute atomic E-state index is 3.82. The van der Waals surface area contributed by atoms with Crippen LogP contribution in [-0.4, -0.2) is 60.6 Å². The number of likely N-dealkylation sites (N-methyl/N-ethyl adjacent to an activating group) is 1. The summed E-state index contributed by atoms with van der Waals surface area (Å²) in [6.45, 7) is 11.1. The summed E-state index contributed by atoms with van der Waals surface area (Å²) >= 11 is 0. The summed E-state index contributed by atoms with van der Waals surface area (Å²) in [7, 11) is 0. The summed E-state index contributed by atoms with van der Waals surface area (Å²) < 4.78 is 0. The molecule has 3 fully saturated rings. The molecule has 3 rings (SSSR count). The summed E-state index contributed by atoms with van der Waals surface area (Å²) in [4.78, 5) is 5.52. The van der Waals surface area contributed by atoms with Gasteiger partial charge in [0.2, 0.25) is 0 Å². The van der Waals surface area contributed by atoms with Crippen LogP contribution in [0.15, 0.2) is 0 Å². The number of piperidine rings is 1. The van der Waals surface area contributed by atoms with Crippen molar-refractivity contribution in [3.8, 4) is 0 Å². The molecule has 2 saturated heterocycles. The van der Waals surface area contributed by atoms with Gasteiger partial charge in [-0.25, -0.2) is 0 Å². The Morgan fingerprint density at radius 3 is 2.63 bits per heavy atom. The van der Waals surface area contributed by atoms with E-state index < -0.39 is 0 Å². The minimum absolute atomic E-state index is 0.775. The van der Waals surface area contributed by atoms with E-state index in [0.29, 0.717) is 0 Å². The van der Waals surface area contributed by atoms with E-state index in [9.17, 15) is 0 Å². The Bertz CT molecular complexity index is 290. The van der Waals surface area contributed by atoms with Crippen LogP contribution in [-0.2, 0) is 0 Å². The van der Waals surface area contributed by atoms with Gasteiger partial charge in [-0.2, -0.15) is 0 Å². The Kier molecular flexibility index (Phi) is 4.45. The molecule has 3 aliphatic rings. The minimum atomic E-state index is 0.775. The highest BCUT2D eigenvalue weighted by Gasteiger charge is 2.39. The molecule has 3 nitrogen and oxygen atoms in total. The van der Waals surface area contributed by atoms with Crippen molar-refractivity contribution in [1.29, 1.82) is 0 Å². The van der Waals surface area contributed by atoms with Crippen LogP contribution in [0, 0.1) is 5.92 Å². The number of hydrogen-bond donors (Lipinski definition) is 1. The fourth-order valence-electron chi connectivity index (χ4n) is 4.07. The van der Waals surface area contributed by atoms with E-state index in [0.717, 1.165) is 24.0 Å². The maximum atomic E-state index is 3.82. The van der Waals surface area contributed by atoms with Crippen molar-refractivity contribution in [1.82, 2.24) is 15.1 Å². The summed E-state index contributed by atoms with van der Waals surface area (Å²) in [5, 5.41) is 3.82. The van der Waals surface area contributed by atoms with Crippen molar-refractivity contribution < 1.29 is 0 Å². The highest BCUT2D eigenvalue weighted by molar-refractivity contribution is 4.97. The van der Waals surface area contributed by atoms with Crippen molar-refractivity contribution in [2.45, 2.75) is 64.1 Å². The molecule has 2 aliphatic heterocycles. The first-order valence-corrected chi connectivity index (χ1v) is 8.53. The third-order valence-corrected chi connectivity index (χ3v) is 5.55. The van der Waals surface area contributed by atoms with Crippen molar-refractivity contribution in [2.24, 2.45) is 5.92 Å². The molecule has 2 heterocycles. The zero-order valence-corrected chi connectivity index (χ0v) is 12.8. The van der Waals surface area contributed by atoms with Gasteiger partial charge in [0.05, 0.1) is 0 Å². The molecule has 0 radical (unpaired) electrons. The fraction of sp³-hybridized carbons (Fsp3) is 1.00. The zero-order chi connectivity index (χ0) is 13.2. The smallest absolute Gasteiger partial charge is 0.0227 e. The second-order valence-electron chi connectivity index (χ2n) is 6.80. The Morgan fingerprint density at radius 2 is 1.95 bits per heavy atom. The van der Waals surface area contributed by atoms with Crippen molar-refractivity contribution in [3.63, 3.8) is 0 Å². The van der Waals surface area contributed by atoms with Gasteiger partial charge in [0.1, 0.15) is 0 Å². The molecule has 3 unspecified atom stereocenters. The van der Waals surface area contributed by atoms with Gasteiger partial charge in [0.15, 0.2) is 0 Å². The first-order chi connectivity index (χ1) is 9.31. The second kappa shape index (κ2) is 6.11. The molecule has 110 valence electrons. The van der Waals surface area contributed by atoms with Gasteiger partial charge in [-0.3, -0.25) is 4.90 Å². The van der Waals surface area contributed by atoms with E-state index >= 15 is 0 Å². The van der Waals surface area contributed by atoms with Crippen LogP contribution in [0.2, 0.25) is 0 Å². The minimum Gasteiger partial charge on any atom is -0.311 e. The van der Waals surface area contributed by atoms with Gasteiger partial charge < -0.3 is 10.2 Å². The topological polar surface area (TPSA) is 18.5 Å². The third kappa shape index (κ3) is 3.14. The lowest BCUT2D eigenvalue weighted by atomic mass is 9.96. The first kappa shape index (κ1) is 13.8. The third-order valence-electron chi connectivity index (χ3n) is 5.55. The predicted molar refractivity (Wildman–Crippen MR) is 80.4 cm³/mol. The van der Waals surface area contributed by atoms with E-state index in [2.05, 4.69) is 29.0 Å². The summed E-state index contributed by atoms with van der Waals surface area (Å²) in [5.41, 5.74) is 0. The van der Waals surface area contributed by atoms with E-state index in [4.69, 9.17) is 0 Å². The number of nitrogens with zero attached hydrogens (tertiary/aromatic N) is 2. The van der Waals surface area contributed by atoms with Gasteiger partial charge in [-0.1, -0.05) is 13.8 Å². The number of piperazine rings is 1. The van der Waals surface area contributed by atoms with Crippen LogP contribution < -0.4 is 5.32 Å². The molecule has 19 heavy (non-hydrogen) atoms. The molecule has 3 atom stereocenters. The van der Waals surface area contributed by atoms with E-state index in [1.165, 1.54) is 64.8 Å². The molecule has 0 bridgehead atoms. The van der Waals surface area contributed by atoms with E-state index in [-0.39, 0.29) is 0 Å². The summed E-state index contributed by atoms with van der Waals surface area (Å²) in [5.74, 6) is 0.992. The standard InChI is InChI=1S/C16H31N3/c1-3-14-10-17-16(13-7-8-13)12-19(14)15-6-5-9-18(4-2)11-15/h13-17H,3-12H2,1-2H3. The molecule has 0 amide bonds. The number of hydrogen-bond acceptors (Lipinski definition) is 3. The lowest BCUT2D eigenvalue weighted by Crippen LogP contribution is -2.62. The lowest BCUT2D eigenvalue weighted by molar-refractivity contribution is 0.0317. The molecule has 3 heteroatoms. The molecular weight excluding hydrogens is 234 g/mol. The fourth-order valence-corrected chi connectivity index (χ4v) is 4.07. The first-order valence-electron chi connectivity index (χ1n) is 8.53. The molecule has 0 spiro atoms. The number of rotatable bonds is 4. The quantitative estimate of drug-likeness (QED) is 0.838. The van der Waals surface area contributed by atoms with E-state index in [1.54, 1.807) is 0 Å². The van der Waals surface area contributed by atoms with Crippen molar-refractivity contribution in [2.75, 3.05) is 32.7 Å². The Labute approximate surface area is 118 Å². The Balaban J connectivity index is 1.64. The number of likely N-dealkylation sites (tertiary alicyclic amines) is 1. The largest absolute Gasteiger partial charge is 0.311 e. The SMILES string of the molecule is CCC1CNC(C2CC2)CN1C1CCCN(CC)C1. The maximum Gasteiger partial charge on any atom is 0.0227 e. The molecule has 1 saturated carbocycles. The van der Waals surface area contributed by atoms with Crippen LogP contribution in [0.1, 0.15) is 46.0 Å². The molecule has 1 N–H and O–H groups in total. The average Bonchev–Trinajstić information content (AvgIpc) is 3.31. The predicted octanol–water partition coefficient (Wildman–Crippen LogP) is 1.93. The summed E-state index contributed by atoms with van der Waals surface area (Å²) in [6.07, 6.45) is 7.05. The molecule has 0 aromatic carbocycles. The zero-order valence-electron chi connectivity index (χ0n) is 12.8. The highest BCUT2D eigenvalue weighted by Crippen LogP contribution is 2.35. The highest BCUT2D eigenvalue weighted by atomic mass is 15.3. The van der Waals surface area contributed by atoms with Crippen LogP contribution in [0.4, 0.5) is 0 Å². The van der Waals surface area contributed by atoms with Gasteiger partial charge >= 0.3 is 0 Å². The molecule has 1 aliphatic carbocycles. The van der Waals surface area contributed by atoms with Gasteiger partial charge in [0.25, 0.3) is 0 Å². The van der Waals surface area contributed by atoms with Gasteiger partial charge in [-0.05, 0) is 51.1 Å². The van der Waals surface area contributed by atoms with E-state index in [1.807, 2.05) is 0 Å². The van der Waals surface area contributed by atoms with Crippen LogP contribution in [0.5, 0.6) is 0 Å². The van der Waals surface area contributed by atoms with Gasteiger partial charge in [-0.15, -0.1) is 0 Å². The molecular formula is C16H31N3. The van der Waals surface area contributed by atoms with Crippen molar-refractivity contribution >= 4 is 0 Å². The molecule has 0 aromatic heterocycles. The molecule has 0 aromatic rings. The van der Waals surface area contributed by atoms with Crippen LogP contribution >= 0.6 is 0 Å². The lowest BCUT2D eigenvalue weighted by Gasteiger charge is -2.47. The average molecular weight is 265 g/mol. The Morgan fingerprint density at radius 1 is 1.11 bits per heavy atom. The van der Waals surface area contributed by atoms with Gasteiger partial charge in [0, 0.05) is 37.8 Å². The normalized spacial score (nSPS) is 38.5. The summed E-state index contributed by atoms with van der Waals surface area (Å²) in [6, 6.07) is 2.39. The Hall–Kier alpha value is -0.120. The number of nitrogens with one attached hydrogen (secondary N) is 1. The van der Waals surface area contributed by atoms with Crippen molar-refractivity contribution in [3.05, 3.63) is 0 Å². The van der Waals surface area contributed by atoms with Crippen LogP contribution in [0.25, 0.3) is 0 Å².